The molecule has 1 fully saturated rings. The van der Waals surface area contributed by atoms with Gasteiger partial charge in [0.15, 0.2) is 0 Å². The van der Waals surface area contributed by atoms with Gasteiger partial charge in [-0.1, -0.05) is 11.6 Å². The molecule has 0 unspecified atom stereocenters. The molecule has 0 radical (unpaired) electrons. The van der Waals surface area contributed by atoms with Crippen molar-refractivity contribution in [2.24, 2.45) is 0 Å². The number of nitrogens with zero attached hydrogens (tertiary/aromatic N) is 4. The van der Waals surface area contributed by atoms with Gasteiger partial charge in [0.05, 0.1) is 6.04 Å². The molecular weight excluding hydrogens is 292 g/mol. The molecule has 1 aromatic rings. The maximum absolute atomic E-state index is 12.1. The minimum Gasteiger partial charge on any atom is -0.444 e. The number of amides is 1. The lowest BCUT2D eigenvalue weighted by atomic mass is 10.2. The Balaban J connectivity index is 1.97. The molecule has 2 rings (SSSR count). The summed E-state index contributed by atoms with van der Waals surface area (Å²) in [4.78, 5) is 23.9. The van der Waals surface area contributed by atoms with Crippen LogP contribution in [0.1, 0.15) is 27.2 Å². The van der Waals surface area contributed by atoms with Crippen LogP contribution in [0.15, 0.2) is 12.4 Å². The fourth-order valence-corrected chi connectivity index (χ4v) is 2.39. The second-order valence-electron chi connectivity index (χ2n) is 6.18. The van der Waals surface area contributed by atoms with Crippen molar-refractivity contribution in [2.75, 3.05) is 25.0 Å². The van der Waals surface area contributed by atoms with Crippen molar-refractivity contribution in [3.8, 4) is 0 Å². The fraction of sp³-hybridized carbons (Fsp3) is 0.643. The van der Waals surface area contributed by atoms with Crippen molar-refractivity contribution < 1.29 is 9.53 Å². The van der Waals surface area contributed by atoms with Gasteiger partial charge < -0.3 is 14.5 Å². The summed E-state index contributed by atoms with van der Waals surface area (Å²) in [6.07, 6.45) is 2.02. The summed E-state index contributed by atoms with van der Waals surface area (Å²) < 4.78 is 5.39. The number of ether oxygens (including phenoxy) is 1. The summed E-state index contributed by atoms with van der Waals surface area (Å²) in [5.74, 6) is 0.787. The van der Waals surface area contributed by atoms with Crippen LogP contribution in [0.2, 0.25) is 5.15 Å². The molecule has 1 atom stereocenters. The number of rotatable bonds is 2. The average Bonchev–Trinajstić information content (AvgIpc) is 2.85. The topological polar surface area (TPSA) is 58.6 Å². The van der Waals surface area contributed by atoms with Crippen molar-refractivity contribution >= 4 is 23.5 Å². The number of aromatic nitrogens is 2. The number of halogens is 1. The van der Waals surface area contributed by atoms with Gasteiger partial charge in [-0.25, -0.2) is 14.8 Å². The molecule has 7 heteroatoms. The quantitative estimate of drug-likeness (QED) is 0.786. The molecule has 1 amide bonds. The van der Waals surface area contributed by atoms with E-state index in [0.29, 0.717) is 11.7 Å². The van der Waals surface area contributed by atoms with E-state index in [1.165, 1.54) is 6.33 Å². The lowest BCUT2D eigenvalue weighted by Gasteiger charge is -2.28. The molecule has 0 aromatic carbocycles. The van der Waals surface area contributed by atoms with Crippen molar-refractivity contribution in [3.05, 3.63) is 17.5 Å². The summed E-state index contributed by atoms with van der Waals surface area (Å²) in [6, 6.07) is 1.84. The number of hydrogen-bond donors (Lipinski definition) is 0. The maximum Gasteiger partial charge on any atom is 0.410 e. The van der Waals surface area contributed by atoms with E-state index < -0.39 is 5.60 Å². The minimum atomic E-state index is -0.482. The van der Waals surface area contributed by atoms with Crippen LogP contribution in [0.25, 0.3) is 0 Å². The molecule has 1 aliphatic heterocycles. The largest absolute Gasteiger partial charge is 0.444 e. The highest BCUT2D eigenvalue weighted by molar-refractivity contribution is 6.29. The smallest absolute Gasteiger partial charge is 0.410 e. The first-order chi connectivity index (χ1) is 9.76. The zero-order valence-corrected chi connectivity index (χ0v) is 13.6. The van der Waals surface area contributed by atoms with E-state index in [0.717, 1.165) is 18.8 Å². The van der Waals surface area contributed by atoms with Crippen molar-refractivity contribution in [3.63, 3.8) is 0 Å². The zero-order chi connectivity index (χ0) is 15.6. The van der Waals surface area contributed by atoms with Crippen LogP contribution in [0, 0.1) is 0 Å². The Labute approximate surface area is 130 Å². The molecule has 2 heterocycles. The summed E-state index contributed by atoms with van der Waals surface area (Å²) >= 11 is 5.88. The van der Waals surface area contributed by atoms with Gasteiger partial charge in [0.1, 0.15) is 22.9 Å². The van der Waals surface area contributed by atoms with Gasteiger partial charge in [-0.15, -0.1) is 0 Å². The third kappa shape index (κ3) is 4.20. The second kappa shape index (κ2) is 6.05. The van der Waals surface area contributed by atoms with Crippen LogP contribution in [-0.4, -0.2) is 52.7 Å². The monoisotopic (exact) mass is 312 g/mol. The van der Waals surface area contributed by atoms with Crippen LogP contribution in [0.5, 0.6) is 0 Å². The Bertz CT molecular complexity index is 518. The van der Waals surface area contributed by atoms with Gasteiger partial charge in [-0.3, -0.25) is 0 Å². The lowest BCUT2D eigenvalue weighted by Crippen LogP contribution is -2.42. The van der Waals surface area contributed by atoms with E-state index >= 15 is 0 Å². The number of anilines is 1. The van der Waals surface area contributed by atoms with E-state index in [4.69, 9.17) is 16.3 Å². The Morgan fingerprint density at radius 3 is 2.81 bits per heavy atom. The number of hydrogen-bond acceptors (Lipinski definition) is 5. The molecule has 1 aliphatic rings. The Kier molecular flexibility index (Phi) is 4.56. The summed E-state index contributed by atoms with van der Waals surface area (Å²) in [6.45, 7) is 7.13. The summed E-state index contributed by atoms with van der Waals surface area (Å²) in [5, 5.41) is 0.420. The first-order valence-electron chi connectivity index (χ1n) is 6.94. The fourth-order valence-electron chi connectivity index (χ4n) is 2.25. The molecule has 6 nitrogen and oxygen atoms in total. The van der Waals surface area contributed by atoms with Crippen LogP contribution in [0.3, 0.4) is 0 Å². The third-order valence-electron chi connectivity index (χ3n) is 3.34. The third-order valence-corrected chi connectivity index (χ3v) is 3.54. The predicted octanol–water partition coefficient (Wildman–Crippen LogP) is 2.58. The Morgan fingerprint density at radius 2 is 2.19 bits per heavy atom. The van der Waals surface area contributed by atoms with Gasteiger partial charge in [0.25, 0.3) is 0 Å². The molecule has 0 aliphatic carbocycles. The highest BCUT2D eigenvalue weighted by atomic mass is 35.5. The molecule has 0 N–H and O–H groups in total. The van der Waals surface area contributed by atoms with Crippen molar-refractivity contribution in [1.82, 2.24) is 14.9 Å². The van der Waals surface area contributed by atoms with Crippen molar-refractivity contribution in [2.45, 2.75) is 38.8 Å². The zero-order valence-electron chi connectivity index (χ0n) is 12.8. The van der Waals surface area contributed by atoms with Gasteiger partial charge in [0, 0.05) is 26.2 Å². The lowest BCUT2D eigenvalue weighted by molar-refractivity contribution is 0.0238. The van der Waals surface area contributed by atoms with E-state index in [-0.39, 0.29) is 12.1 Å². The highest BCUT2D eigenvalue weighted by Crippen LogP contribution is 2.23. The SMILES string of the molecule is CN(C(=O)OC(C)(C)C)[C@@H]1CCN(c2cc(Cl)ncn2)C1. The van der Waals surface area contributed by atoms with Crippen LogP contribution >= 0.6 is 11.6 Å². The van der Waals surface area contributed by atoms with Crippen LogP contribution in [-0.2, 0) is 4.74 Å². The normalized spacial score (nSPS) is 18.7. The molecule has 116 valence electrons. The van der Waals surface area contributed by atoms with Gasteiger partial charge >= 0.3 is 6.09 Å². The Morgan fingerprint density at radius 1 is 1.48 bits per heavy atom. The minimum absolute atomic E-state index is 0.105. The maximum atomic E-state index is 12.1. The molecule has 21 heavy (non-hydrogen) atoms. The van der Waals surface area contributed by atoms with E-state index in [1.54, 1.807) is 18.0 Å². The standard InChI is InChI=1S/C14H21ClN4O2/c1-14(2,3)21-13(20)18(4)10-5-6-19(8-10)12-7-11(15)16-9-17-12/h7,9-10H,5-6,8H2,1-4H3/t10-/m1/s1. The van der Waals surface area contributed by atoms with E-state index in [1.807, 2.05) is 20.8 Å². The molecular formula is C14H21ClN4O2. The first kappa shape index (κ1) is 15.8. The summed E-state index contributed by atoms with van der Waals surface area (Å²) in [5.41, 5.74) is -0.482. The summed E-state index contributed by atoms with van der Waals surface area (Å²) in [7, 11) is 1.77. The first-order valence-corrected chi connectivity index (χ1v) is 7.32. The van der Waals surface area contributed by atoms with Gasteiger partial charge in [-0.05, 0) is 27.2 Å². The average molecular weight is 313 g/mol. The molecule has 0 saturated carbocycles. The van der Waals surface area contributed by atoms with Crippen molar-refractivity contribution in [1.29, 1.82) is 0 Å². The van der Waals surface area contributed by atoms with Crippen LogP contribution < -0.4 is 4.90 Å². The highest BCUT2D eigenvalue weighted by Gasteiger charge is 2.31. The van der Waals surface area contributed by atoms with Gasteiger partial charge in [0.2, 0.25) is 0 Å². The van der Waals surface area contributed by atoms with Gasteiger partial charge in [-0.2, -0.15) is 0 Å². The van der Waals surface area contributed by atoms with E-state index in [2.05, 4.69) is 14.9 Å². The molecule has 1 saturated heterocycles. The Hall–Kier alpha value is -1.56. The predicted molar refractivity (Wildman–Crippen MR) is 81.7 cm³/mol. The van der Waals surface area contributed by atoms with E-state index in [9.17, 15) is 4.79 Å². The van der Waals surface area contributed by atoms with Crippen LogP contribution in [0.4, 0.5) is 10.6 Å². The second-order valence-corrected chi connectivity index (χ2v) is 6.57. The number of likely N-dealkylation sites (N-methyl/N-ethyl adjacent to an activating group) is 1. The molecule has 0 spiro atoms. The molecule has 1 aromatic heterocycles. The number of carbonyl (C=O) groups is 1. The number of carbonyl (C=O) groups excluding carboxylic acids is 1. The molecule has 0 bridgehead atoms.